The summed E-state index contributed by atoms with van der Waals surface area (Å²) in [6.07, 6.45) is 4.56. The van der Waals surface area contributed by atoms with E-state index in [1.165, 1.54) is 12.8 Å². The molecule has 19 heavy (non-hydrogen) atoms. The van der Waals surface area contributed by atoms with Crippen LogP contribution in [-0.4, -0.2) is 62.5 Å². The van der Waals surface area contributed by atoms with Crippen LogP contribution in [0.4, 0.5) is 0 Å². The Kier molecular flexibility index (Phi) is 4.84. The van der Waals surface area contributed by atoms with Gasteiger partial charge in [-0.05, 0) is 26.4 Å². The molecule has 7 heteroatoms. The van der Waals surface area contributed by atoms with Gasteiger partial charge in [0.2, 0.25) is 5.91 Å². The molecule has 0 bridgehead atoms. The first-order valence-electron chi connectivity index (χ1n) is 6.91. The van der Waals surface area contributed by atoms with E-state index >= 15 is 0 Å². The number of rotatable bonds is 6. The van der Waals surface area contributed by atoms with Crippen molar-refractivity contribution in [1.29, 1.82) is 0 Å². The summed E-state index contributed by atoms with van der Waals surface area (Å²) >= 11 is 0. The predicted octanol–water partition coefficient (Wildman–Crippen LogP) is 0.423. The van der Waals surface area contributed by atoms with Crippen LogP contribution in [0.2, 0.25) is 0 Å². The summed E-state index contributed by atoms with van der Waals surface area (Å²) in [5, 5.41) is 13.9. The molecule has 0 saturated heterocycles. The zero-order valence-electron chi connectivity index (χ0n) is 11.7. The van der Waals surface area contributed by atoms with Gasteiger partial charge in [0.15, 0.2) is 5.82 Å². The zero-order valence-corrected chi connectivity index (χ0v) is 11.7. The molecular weight excluding hydrogens is 244 g/mol. The van der Waals surface area contributed by atoms with Crippen molar-refractivity contribution < 1.29 is 4.79 Å². The van der Waals surface area contributed by atoms with Crippen LogP contribution >= 0.6 is 0 Å². The minimum absolute atomic E-state index is 0.154. The first-order valence-corrected chi connectivity index (χ1v) is 6.91. The van der Waals surface area contributed by atoms with Crippen LogP contribution in [0.15, 0.2) is 0 Å². The Morgan fingerprint density at radius 2 is 2.16 bits per heavy atom. The van der Waals surface area contributed by atoms with Crippen molar-refractivity contribution in [2.75, 3.05) is 20.1 Å². The molecule has 2 rings (SSSR count). The second-order valence-electron chi connectivity index (χ2n) is 5.12. The Morgan fingerprint density at radius 1 is 1.42 bits per heavy atom. The molecule has 0 spiro atoms. The number of carbonyl (C=O) groups excluding carboxylic acids is 1. The lowest BCUT2D eigenvalue weighted by atomic mass is 10.2. The zero-order chi connectivity index (χ0) is 13.7. The second kappa shape index (κ2) is 6.60. The van der Waals surface area contributed by atoms with Gasteiger partial charge in [-0.15, -0.1) is 10.2 Å². The Morgan fingerprint density at radius 3 is 2.74 bits per heavy atom. The lowest BCUT2D eigenvalue weighted by molar-refractivity contribution is -0.135. The number of amides is 1. The number of nitrogens with one attached hydrogen (secondary N) is 1. The molecule has 1 heterocycles. The van der Waals surface area contributed by atoms with Gasteiger partial charge < -0.3 is 4.90 Å². The summed E-state index contributed by atoms with van der Waals surface area (Å²) < 4.78 is 0. The largest absolute Gasteiger partial charge is 0.331 e. The molecule has 1 aliphatic rings. The first-order chi connectivity index (χ1) is 9.20. The Hall–Kier alpha value is -1.50. The third-order valence-electron chi connectivity index (χ3n) is 3.73. The Balaban J connectivity index is 2.02. The average molecular weight is 266 g/mol. The summed E-state index contributed by atoms with van der Waals surface area (Å²) in [6.45, 7) is 3.82. The number of carbonyl (C=O) groups is 1. The number of tetrazole rings is 1. The third-order valence-corrected chi connectivity index (χ3v) is 3.73. The van der Waals surface area contributed by atoms with Crippen molar-refractivity contribution in [3.8, 4) is 0 Å². The Bertz CT molecular complexity index is 387. The molecule has 0 radical (unpaired) electrons. The number of likely N-dealkylation sites (N-methyl/N-ethyl adjacent to an activating group) is 1. The fourth-order valence-electron chi connectivity index (χ4n) is 2.47. The second-order valence-corrected chi connectivity index (χ2v) is 5.12. The number of hydrogen-bond donors (Lipinski definition) is 1. The van der Waals surface area contributed by atoms with E-state index in [-0.39, 0.29) is 5.91 Å². The number of hydrogen-bond acceptors (Lipinski definition) is 5. The number of H-pyrrole nitrogens is 1. The maximum atomic E-state index is 12.4. The minimum atomic E-state index is 0.154. The molecule has 0 unspecified atom stereocenters. The Labute approximate surface area is 113 Å². The summed E-state index contributed by atoms with van der Waals surface area (Å²) in [5.41, 5.74) is 0. The molecule has 1 N–H and O–H groups in total. The molecule has 1 aromatic rings. The summed E-state index contributed by atoms with van der Waals surface area (Å²) in [5.74, 6) is 0.737. The quantitative estimate of drug-likeness (QED) is 0.807. The highest BCUT2D eigenvalue weighted by Gasteiger charge is 2.28. The van der Waals surface area contributed by atoms with Crippen molar-refractivity contribution in [3.63, 3.8) is 0 Å². The van der Waals surface area contributed by atoms with E-state index in [1.807, 2.05) is 23.8 Å². The van der Waals surface area contributed by atoms with Gasteiger partial charge in [0.05, 0.1) is 13.1 Å². The highest BCUT2D eigenvalue weighted by Crippen LogP contribution is 2.24. The van der Waals surface area contributed by atoms with E-state index in [0.29, 0.717) is 25.0 Å². The van der Waals surface area contributed by atoms with Gasteiger partial charge in [0, 0.05) is 6.04 Å². The monoisotopic (exact) mass is 266 g/mol. The van der Waals surface area contributed by atoms with E-state index in [0.717, 1.165) is 19.4 Å². The van der Waals surface area contributed by atoms with Crippen LogP contribution in [0.25, 0.3) is 0 Å². The molecule has 1 amide bonds. The van der Waals surface area contributed by atoms with Crippen LogP contribution < -0.4 is 0 Å². The van der Waals surface area contributed by atoms with Gasteiger partial charge in [0.25, 0.3) is 0 Å². The summed E-state index contributed by atoms with van der Waals surface area (Å²) in [4.78, 5) is 16.4. The molecule has 1 aromatic heterocycles. The maximum absolute atomic E-state index is 12.4. The molecule has 7 nitrogen and oxygen atoms in total. The molecule has 0 aromatic carbocycles. The van der Waals surface area contributed by atoms with Gasteiger partial charge in [-0.25, -0.2) is 0 Å². The molecule has 1 fully saturated rings. The standard InChI is InChI=1S/C12H22N6O/c1-3-17(2)9-12(19)18(10-6-4-5-7-10)8-11-13-15-16-14-11/h10H,3-9H2,1-2H3,(H,13,14,15,16). The highest BCUT2D eigenvalue weighted by atomic mass is 16.2. The van der Waals surface area contributed by atoms with Gasteiger partial charge in [-0.2, -0.15) is 5.21 Å². The fourth-order valence-corrected chi connectivity index (χ4v) is 2.47. The van der Waals surface area contributed by atoms with Crippen LogP contribution in [0.5, 0.6) is 0 Å². The lowest BCUT2D eigenvalue weighted by Crippen LogP contribution is -2.43. The maximum Gasteiger partial charge on any atom is 0.237 e. The fraction of sp³-hybridized carbons (Fsp3) is 0.833. The van der Waals surface area contributed by atoms with E-state index in [1.54, 1.807) is 0 Å². The predicted molar refractivity (Wildman–Crippen MR) is 70.2 cm³/mol. The van der Waals surface area contributed by atoms with Gasteiger partial charge in [-0.3, -0.25) is 9.69 Å². The molecule has 0 aliphatic heterocycles. The van der Waals surface area contributed by atoms with Crippen molar-refractivity contribution in [3.05, 3.63) is 5.82 Å². The summed E-state index contributed by atoms with van der Waals surface area (Å²) in [7, 11) is 1.96. The van der Waals surface area contributed by atoms with Crippen molar-refractivity contribution in [1.82, 2.24) is 30.4 Å². The van der Waals surface area contributed by atoms with Crippen LogP contribution in [0, 0.1) is 0 Å². The van der Waals surface area contributed by atoms with Crippen LogP contribution in [0.1, 0.15) is 38.4 Å². The van der Waals surface area contributed by atoms with E-state index in [4.69, 9.17) is 0 Å². The van der Waals surface area contributed by atoms with E-state index < -0.39 is 0 Å². The number of nitrogens with zero attached hydrogens (tertiary/aromatic N) is 5. The number of aromatic amines is 1. The first kappa shape index (κ1) is 13.9. The SMILES string of the molecule is CCN(C)CC(=O)N(Cc1nn[nH]n1)C1CCCC1. The normalized spacial score (nSPS) is 16.2. The third kappa shape index (κ3) is 3.73. The van der Waals surface area contributed by atoms with Gasteiger partial charge >= 0.3 is 0 Å². The molecule has 1 saturated carbocycles. The van der Waals surface area contributed by atoms with Crippen molar-refractivity contribution in [2.45, 2.75) is 45.2 Å². The minimum Gasteiger partial charge on any atom is -0.331 e. The van der Waals surface area contributed by atoms with Crippen LogP contribution in [-0.2, 0) is 11.3 Å². The topological polar surface area (TPSA) is 78.0 Å². The smallest absolute Gasteiger partial charge is 0.237 e. The van der Waals surface area contributed by atoms with Crippen molar-refractivity contribution >= 4 is 5.91 Å². The average Bonchev–Trinajstić information content (AvgIpc) is 3.08. The lowest BCUT2D eigenvalue weighted by Gasteiger charge is -2.29. The summed E-state index contributed by atoms with van der Waals surface area (Å²) in [6, 6.07) is 0.330. The van der Waals surface area contributed by atoms with E-state index in [9.17, 15) is 4.79 Å². The molecule has 0 atom stereocenters. The van der Waals surface area contributed by atoms with Gasteiger partial charge in [0.1, 0.15) is 0 Å². The molecular formula is C12H22N6O. The van der Waals surface area contributed by atoms with Crippen molar-refractivity contribution in [2.24, 2.45) is 0 Å². The van der Waals surface area contributed by atoms with Crippen LogP contribution in [0.3, 0.4) is 0 Å². The van der Waals surface area contributed by atoms with E-state index in [2.05, 4.69) is 20.6 Å². The number of aromatic nitrogens is 4. The molecule has 1 aliphatic carbocycles. The molecule has 106 valence electrons. The van der Waals surface area contributed by atoms with Gasteiger partial charge in [-0.1, -0.05) is 25.0 Å². The highest BCUT2D eigenvalue weighted by molar-refractivity contribution is 5.78.